The van der Waals surface area contributed by atoms with Gasteiger partial charge in [-0.05, 0) is 37.6 Å². The predicted octanol–water partition coefficient (Wildman–Crippen LogP) is 5.89. The molecule has 1 unspecified atom stereocenters. The summed E-state index contributed by atoms with van der Waals surface area (Å²) in [4.78, 5) is 18.2. The van der Waals surface area contributed by atoms with Gasteiger partial charge in [0.25, 0.3) is 5.91 Å². The second kappa shape index (κ2) is 8.71. The Labute approximate surface area is 166 Å². The lowest BCUT2D eigenvalue weighted by molar-refractivity contribution is 0.0937. The summed E-state index contributed by atoms with van der Waals surface area (Å²) < 4.78 is 0. The smallest absolute Gasteiger partial charge is 0.252 e. The predicted molar refractivity (Wildman–Crippen MR) is 110 cm³/mol. The average Bonchev–Trinajstić information content (AvgIpc) is 3.05. The molecule has 1 amide bonds. The molecule has 3 nitrogen and oxygen atoms in total. The Kier molecular flexibility index (Phi) is 6.35. The number of hydrogen-bond donors (Lipinski definition) is 1. The number of thiazole rings is 1. The third kappa shape index (κ3) is 4.67. The van der Waals surface area contributed by atoms with Crippen molar-refractivity contribution in [2.24, 2.45) is 0 Å². The molecule has 0 radical (unpaired) electrons. The van der Waals surface area contributed by atoms with E-state index in [-0.39, 0.29) is 11.9 Å². The van der Waals surface area contributed by atoms with Crippen LogP contribution in [-0.2, 0) is 5.75 Å². The molecule has 0 spiro atoms. The first-order valence-electron chi connectivity index (χ1n) is 8.22. The van der Waals surface area contributed by atoms with E-state index >= 15 is 0 Å². The number of aromatic nitrogens is 1. The van der Waals surface area contributed by atoms with Crippen molar-refractivity contribution < 1.29 is 4.79 Å². The maximum atomic E-state index is 12.8. The van der Waals surface area contributed by atoms with E-state index in [2.05, 4.69) is 15.7 Å². The zero-order valence-electron chi connectivity index (χ0n) is 14.5. The number of benzene rings is 2. The fourth-order valence-electron chi connectivity index (χ4n) is 2.58. The lowest BCUT2D eigenvalue weighted by Crippen LogP contribution is -2.27. The Hall–Kier alpha value is -1.82. The fraction of sp³-hybridized carbons (Fsp3) is 0.200. The van der Waals surface area contributed by atoms with Crippen molar-refractivity contribution in [3.63, 3.8) is 0 Å². The average molecular weight is 403 g/mol. The molecule has 3 aromatic rings. The van der Waals surface area contributed by atoms with E-state index in [0.29, 0.717) is 10.6 Å². The van der Waals surface area contributed by atoms with Crippen LogP contribution in [0.25, 0.3) is 0 Å². The van der Waals surface area contributed by atoms with Gasteiger partial charge in [-0.25, -0.2) is 4.98 Å². The molecule has 0 bridgehead atoms. The molecule has 0 aliphatic rings. The van der Waals surface area contributed by atoms with Crippen LogP contribution in [0.4, 0.5) is 0 Å². The van der Waals surface area contributed by atoms with Crippen LogP contribution in [0.15, 0.2) is 58.8 Å². The highest BCUT2D eigenvalue weighted by Crippen LogP contribution is 2.28. The minimum Gasteiger partial charge on any atom is -0.345 e. The molecule has 0 saturated heterocycles. The zero-order chi connectivity index (χ0) is 18.5. The van der Waals surface area contributed by atoms with E-state index in [4.69, 9.17) is 11.6 Å². The first-order valence-corrected chi connectivity index (χ1v) is 10.5. The quantitative estimate of drug-likeness (QED) is 0.523. The van der Waals surface area contributed by atoms with Crippen LogP contribution < -0.4 is 5.32 Å². The highest BCUT2D eigenvalue weighted by Gasteiger charge is 2.16. The molecule has 1 aromatic heterocycles. The lowest BCUT2D eigenvalue weighted by Gasteiger charge is -2.17. The van der Waals surface area contributed by atoms with E-state index in [1.807, 2.05) is 62.4 Å². The Morgan fingerprint density at radius 2 is 1.96 bits per heavy atom. The van der Waals surface area contributed by atoms with Crippen LogP contribution in [0, 0.1) is 6.92 Å². The molecule has 3 rings (SSSR count). The van der Waals surface area contributed by atoms with Crippen LogP contribution in [-0.4, -0.2) is 10.9 Å². The molecule has 0 saturated carbocycles. The molecule has 134 valence electrons. The summed E-state index contributed by atoms with van der Waals surface area (Å²) in [7, 11) is 0. The van der Waals surface area contributed by atoms with E-state index < -0.39 is 0 Å². The van der Waals surface area contributed by atoms with E-state index in [1.54, 1.807) is 23.1 Å². The molecule has 6 heteroatoms. The number of rotatable bonds is 6. The molecule has 1 heterocycles. The van der Waals surface area contributed by atoms with Crippen molar-refractivity contribution in [3.05, 3.63) is 80.8 Å². The maximum Gasteiger partial charge on any atom is 0.252 e. The van der Waals surface area contributed by atoms with Crippen LogP contribution in [0.2, 0.25) is 5.02 Å². The van der Waals surface area contributed by atoms with Gasteiger partial charge < -0.3 is 5.32 Å². The van der Waals surface area contributed by atoms with Gasteiger partial charge in [-0.2, -0.15) is 0 Å². The van der Waals surface area contributed by atoms with Gasteiger partial charge in [-0.3, -0.25) is 4.79 Å². The Morgan fingerprint density at radius 1 is 1.23 bits per heavy atom. The Bertz CT molecular complexity index is 910. The van der Waals surface area contributed by atoms with Crippen molar-refractivity contribution in [2.45, 2.75) is 30.5 Å². The number of carbonyl (C=O) groups is 1. The third-order valence-corrected chi connectivity index (χ3v) is 6.17. The first-order chi connectivity index (χ1) is 12.5. The summed E-state index contributed by atoms with van der Waals surface area (Å²) in [6, 6.07) is 15.0. The van der Waals surface area contributed by atoms with Crippen molar-refractivity contribution in [1.82, 2.24) is 10.3 Å². The number of nitrogens with zero attached hydrogens (tertiary/aromatic N) is 1. The molecule has 1 N–H and O–H groups in total. The Morgan fingerprint density at radius 3 is 2.69 bits per heavy atom. The lowest BCUT2D eigenvalue weighted by atomic mass is 10.1. The molecule has 0 aliphatic heterocycles. The van der Waals surface area contributed by atoms with Crippen LogP contribution in [0.1, 0.15) is 39.6 Å². The number of carbonyl (C=O) groups excluding carboxylic acids is 1. The van der Waals surface area contributed by atoms with Gasteiger partial charge in [0.05, 0.1) is 22.3 Å². The van der Waals surface area contributed by atoms with Crippen molar-refractivity contribution in [1.29, 1.82) is 0 Å². The van der Waals surface area contributed by atoms with E-state index in [0.717, 1.165) is 26.9 Å². The minimum atomic E-state index is -0.171. The minimum absolute atomic E-state index is 0.102. The largest absolute Gasteiger partial charge is 0.345 e. The first kappa shape index (κ1) is 19.0. The summed E-state index contributed by atoms with van der Waals surface area (Å²) >= 11 is 9.50. The highest BCUT2D eigenvalue weighted by atomic mass is 35.5. The van der Waals surface area contributed by atoms with Gasteiger partial charge in [0, 0.05) is 21.1 Å². The van der Waals surface area contributed by atoms with Crippen molar-refractivity contribution in [2.75, 3.05) is 0 Å². The summed E-state index contributed by atoms with van der Waals surface area (Å²) in [5, 5.41) is 6.82. The molecule has 2 aromatic carbocycles. The summed E-state index contributed by atoms with van der Waals surface area (Å²) in [5.74, 6) is 0.643. The number of amides is 1. The van der Waals surface area contributed by atoms with Crippen LogP contribution >= 0.6 is 34.7 Å². The molecule has 26 heavy (non-hydrogen) atoms. The normalized spacial score (nSPS) is 12.0. The standard InChI is InChI=1S/C20H19ClN2OS2/c1-13(16-7-3-5-9-18(16)21)22-20(24)17-8-4-6-10-19(17)26-12-15-11-25-14(2)23-15/h3-11,13H,12H2,1-2H3,(H,22,24). The SMILES string of the molecule is Cc1nc(CSc2ccccc2C(=O)NC(C)c2ccccc2Cl)cs1. The summed E-state index contributed by atoms with van der Waals surface area (Å²) in [6.07, 6.45) is 0. The van der Waals surface area contributed by atoms with Gasteiger partial charge in [0.2, 0.25) is 0 Å². The van der Waals surface area contributed by atoms with E-state index in [9.17, 15) is 4.79 Å². The molecular formula is C20H19ClN2OS2. The van der Waals surface area contributed by atoms with Gasteiger partial charge >= 0.3 is 0 Å². The maximum absolute atomic E-state index is 12.8. The highest BCUT2D eigenvalue weighted by molar-refractivity contribution is 7.98. The fourth-order valence-corrected chi connectivity index (χ4v) is 4.54. The summed E-state index contributed by atoms with van der Waals surface area (Å²) in [6.45, 7) is 3.93. The number of nitrogens with one attached hydrogen (secondary N) is 1. The third-order valence-electron chi connectivity index (χ3n) is 3.89. The van der Waals surface area contributed by atoms with E-state index in [1.165, 1.54) is 0 Å². The van der Waals surface area contributed by atoms with Crippen molar-refractivity contribution in [3.8, 4) is 0 Å². The summed E-state index contributed by atoms with van der Waals surface area (Å²) in [5.41, 5.74) is 2.62. The van der Waals surface area contributed by atoms with Gasteiger partial charge in [-0.15, -0.1) is 23.1 Å². The van der Waals surface area contributed by atoms with Crippen LogP contribution in [0.5, 0.6) is 0 Å². The Balaban J connectivity index is 1.72. The number of aryl methyl sites for hydroxylation is 1. The van der Waals surface area contributed by atoms with Gasteiger partial charge in [-0.1, -0.05) is 41.9 Å². The van der Waals surface area contributed by atoms with Crippen LogP contribution in [0.3, 0.4) is 0 Å². The monoisotopic (exact) mass is 402 g/mol. The molecular weight excluding hydrogens is 384 g/mol. The molecule has 0 fully saturated rings. The van der Waals surface area contributed by atoms with Crippen molar-refractivity contribution >= 4 is 40.6 Å². The number of thioether (sulfide) groups is 1. The zero-order valence-corrected chi connectivity index (χ0v) is 16.9. The topological polar surface area (TPSA) is 42.0 Å². The molecule has 0 aliphatic carbocycles. The second-order valence-corrected chi connectivity index (χ2v) is 8.35. The molecule has 1 atom stereocenters. The number of hydrogen-bond acceptors (Lipinski definition) is 4. The second-order valence-electron chi connectivity index (χ2n) is 5.86. The van der Waals surface area contributed by atoms with Gasteiger partial charge in [0.1, 0.15) is 0 Å². The van der Waals surface area contributed by atoms with Gasteiger partial charge in [0.15, 0.2) is 0 Å². The number of halogens is 1.